The summed E-state index contributed by atoms with van der Waals surface area (Å²) in [6.45, 7) is 2.82. The molecule has 1 aliphatic heterocycles. The third kappa shape index (κ3) is 3.30. The maximum absolute atomic E-state index is 13.3. The largest absolute Gasteiger partial charge is 0.488 e. The number of hydrogen-bond acceptors (Lipinski definition) is 3. The SMILES string of the molecule is OB(O)c1cc(F)ccc1CN1CCC2(CCCCC2)C1. The first-order valence-electron chi connectivity index (χ1n) is 7.95. The minimum atomic E-state index is -1.61. The molecule has 1 aromatic rings. The fraction of sp³-hybridized carbons (Fsp3) is 0.625. The Hall–Kier alpha value is -0.905. The minimum absolute atomic E-state index is 0.291. The molecule has 0 amide bonds. The Balaban J connectivity index is 1.70. The van der Waals surface area contributed by atoms with E-state index in [1.54, 1.807) is 6.07 Å². The van der Waals surface area contributed by atoms with Crippen LogP contribution in [0, 0.1) is 11.2 Å². The second-order valence-electron chi connectivity index (χ2n) is 6.74. The zero-order chi connectivity index (χ0) is 14.9. The zero-order valence-electron chi connectivity index (χ0n) is 12.4. The van der Waals surface area contributed by atoms with Gasteiger partial charge in [-0.15, -0.1) is 0 Å². The van der Waals surface area contributed by atoms with Crippen molar-refractivity contribution in [1.82, 2.24) is 4.90 Å². The molecule has 0 atom stereocenters. The van der Waals surface area contributed by atoms with E-state index in [0.29, 0.717) is 17.4 Å². The second-order valence-corrected chi connectivity index (χ2v) is 6.74. The Bertz CT molecular complexity index is 503. The van der Waals surface area contributed by atoms with Crippen LogP contribution in [0.5, 0.6) is 0 Å². The lowest BCUT2D eigenvalue weighted by Crippen LogP contribution is -2.36. The molecule has 1 aliphatic carbocycles. The van der Waals surface area contributed by atoms with Gasteiger partial charge in [-0.1, -0.05) is 25.3 Å². The summed E-state index contributed by atoms with van der Waals surface area (Å²) in [5, 5.41) is 18.8. The fourth-order valence-electron chi connectivity index (χ4n) is 4.06. The first-order valence-corrected chi connectivity index (χ1v) is 7.95. The Labute approximate surface area is 125 Å². The Morgan fingerprint density at radius 3 is 2.62 bits per heavy atom. The molecule has 1 heterocycles. The van der Waals surface area contributed by atoms with Crippen molar-refractivity contribution in [3.8, 4) is 0 Å². The smallest absolute Gasteiger partial charge is 0.423 e. The van der Waals surface area contributed by atoms with Gasteiger partial charge in [0.15, 0.2) is 0 Å². The lowest BCUT2D eigenvalue weighted by molar-refractivity contribution is 0.184. The lowest BCUT2D eigenvalue weighted by Gasteiger charge is -2.33. The molecule has 0 bridgehead atoms. The predicted molar refractivity (Wildman–Crippen MR) is 81.6 cm³/mol. The van der Waals surface area contributed by atoms with E-state index in [4.69, 9.17) is 0 Å². The highest BCUT2D eigenvalue weighted by atomic mass is 19.1. The molecular weight excluding hydrogens is 268 g/mol. The van der Waals surface area contributed by atoms with Crippen LogP contribution in [0.3, 0.4) is 0 Å². The van der Waals surface area contributed by atoms with Crippen LogP contribution >= 0.6 is 0 Å². The van der Waals surface area contributed by atoms with Crippen LogP contribution in [0.25, 0.3) is 0 Å². The van der Waals surface area contributed by atoms with Crippen molar-refractivity contribution in [2.24, 2.45) is 5.41 Å². The number of likely N-dealkylation sites (tertiary alicyclic amines) is 1. The number of halogens is 1. The Morgan fingerprint density at radius 2 is 1.90 bits per heavy atom. The molecule has 0 radical (unpaired) electrons. The van der Waals surface area contributed by atoms with E-state index in [0.717, 1.165) is 18.7 Å². The van der Waals surface area contributed by atoms with Crippen LogP contribution in [0.1, 0.15) is 44.1 Å². The van der Waals surface area contributed by atoms with Gasteiger partial charge in [-0.2, -0.15) is 0 Å². The summed E-state index contributed by atoms with van der Waals surface area (Å²) in [5.41, 5.74) is 1.59. The van der Waals surface area contributed by atoms with Crippen molar-refractivity contribution in [1.29, 1.82) is 0 Å². The van der Waals surface area contributed by atoms with E-state index >= 15 is 0 Å². The topological polar surface area (TPSA) is 43.7 Å². The van der Waals surface area contributed by atoms with Crippen molar-refractivity contribution >= 4 is 12.6 Å². The van der Waals surface area contributed by atoms with Crippen LogP contribution in [0.15, 0.2) is 18.2 Å². The fourth-order valence-corrected chi connectivity index (χ4v) is 4.06. The predicted octanol–water partition coefficient (Wildman–Crippen LogP) is 1.66. The van der Waals surface area contributed by atoms with Crippen molar-refractivity contribution in [2.45, 2.75) is 45.1 Å². The van der Waals surface area contributed by atoms with Gasteiger partial charge in [0.05, 0.1) is 0 Å². The maximum Gasteiger partial charge on any atom is 0.488 e. The summed E-state index contributed by atoms with van der Waals surface area (Å²) < 4.78 is 13.3. The zero-order valence-corrected chi connectivity index (χ0v) is 12.4. The summed E-state index contributed by atoms with van der Waals surface area (Å²) >= 11 is 0. The van der Waals surface area contributed by atoms with Gasteiger partial charge < -0.3 is 10.0 Å². The molecule has 0 unspecified atom stereocenters. The molecule has 1 spiro atoms. The third-order valence-electron chi connectivity index (χ3n) is 5.21. The van der Waals surface area contributed by atoms with Gasteiger partial charge in [-0.05, 0) is 54.4 Å². The molecule has 2 aliphatic rings. The van der Waals surface area contributed by atoms with Crippen molar-refractivity contribution in [3.63, 3.8) is 0 Å². The second kappa shape index (κ2) is 6.07. The van der Waals surface area contributed by atoms with E-state index in [1.807, 2.05) is 0 Å². The molecule has 2 N–H and O–H groups in total. The number of nitrogens with zero attached hydrogens (tertiary/aromatic N) is 1. The molecule has 2 fully saturated rings. The quantitative estimate of drug-likeness (QED) is 0.833. The average molecular weight is 291 g/mol. The van der Waals surface area contributed by atoms with Crippen LogP contribution in [-0.4, -0.2) is 35.2 Å². The summed E-state index contributed by atoms with van der Waals surface area (Å²) in [6.07, 6.45) is 7.92. The monoisotopic (exact) mass is 291 g/mol. The maximum atomic E-state index is 13.3. The molecule has 1 saturated carbocycles. The van der Waals surface area contributed by atoms with E-state index in [9.17, 15) is 14.4 Å². The minimum Gasteiger partial charge on any atom is -0.423 e. The van der Waals surface area contributed by atoms with Crippen molar-refractivity contribution in [2.75, 3.05) is 13.1 Å². The summed E-state index contributed by atoms with van der Waals surface area (Å²) in [7, 11) is -1.61. The van der Waals surface area contributed by atoms with Gasteiger partial charge in [0, 0.05) is 13.1 Å². The molecule has 1 aromatic carbocycles. The number of rotatable bonds is 3. The average Bonchev–Trinajstić information content (AvgIpc) is 2.84. The van der Waals surface area contributed by atoms with Gasteiger partial charge in [0.2, 0.25) is 0 Å². The molecule has 21 heavy (non-hydrogen) atoms. The molecule has 3 nitrogen and oxygen atoms in total. The van der Waals surface area contributed by atoms with Gasteiger partial charge in [0.1, 0.15) is 5.82 Å². The van der Waals surface area contributed by atoms with Crippen LogP contribution < -0.4 is 5.46 Å². The van der Waals surface area contributed by atoms with Crippen LogP contribution in [-0.2, 0) is 6.54 Å². The van der Waals surface area contributed by atoms with Crippen LogP contribution in [0.2, 0.25) is 0 Å². The van der Waals surface area contributed by atoms with Gasteiger partial charge >= 0.3 is 7.12 Å². The molecule has 114 valence electrons. The molecule has 1 saturated heterocycles. The van der Waals surface area contributed by atoms with E-state index in [1.165, 1.54) is 50.7 Å². The summed E-state index contributed by atoms with van der Waals surface area (Å²) in [5.74, 6) is -0.424. The third-order valence-corrected chi connectivity index (χ3v) is 5.21. The summed E-state index contributed by atoms with van der Waals surface area (Å²) in [4.78, 5) is 2.38. The highest BCUT2D eigenvalue weighted by Crippen LogP contribution is 2.43. The van der Waals surface area contributed by atoms with E-state index in [-0.39, 0.29) is 0 Å². The standard InChI is InChI=1S/C16H23BFNO2/c18-14-5-4-13(15(10-14)17(20)21)11-19-9-8-16(12-19)6-2-1-3-7-16/h4-5,10,20-21H,1-3,6-9,11-12H2. The Kier molecular flexibility index (Phi) is 4.34. The van der Waals surface area contributed by atoms with Crippen LogP contribution in [0.4, 0.5) is 4.39 Å². The number of hydrogen-bond donors (Lipinski definition) is 2. The van der Waals surface area contributed by atoms with E-state index in [2.05, 4.69) is 4.90 Å². The molecule has 3 rings (SSSR count). The first-order chi connectivity index (χ1) is 10.1. The molecular formula is C16H23BFNO2. The normalized spacial score (nSPS) is 21.9. The summed E-state index contributed by atoms with van der Waals surface area (Å²) in [6, 6.07) is 4.30. The Morgan fingerprint density at radius 1 is 1.14 bits per heavy atom. The van der Waals surface area contributed by atoms with Gasteiger partial charge in [-0.25, -0.2) is 4.39 Å². The van der Waals surface area contributed by atoms with Crippen molar-refractivity contribution < 1.29 is 14.4 Å². The molecule has 0 aromatic heterocycles. The number of benzene rings is 1. The highest BCUT2D eigenvalue weighted by Gasteiger charge is 2.38. The van der Waals surface area contributed by atoms with Crippen molar-refractivity contribution in [3.05, 3.63) is 29.6 Å². The first kappa shape index (κ1) is 15.0. The van der Waals surface area contributed by atoms with Gasteiger partial charge in [-0.3, -0.25) is 4.90 Å². The lowest BCUT2D eigenvalue weighted by atomic mass is 9.73. The van der Waals surface area contributed by atoms with E-state index < -0.39 is 12.9 Å². The molecule has 5 heteroatoms. The van der Waals surface area contributed by atoms with Gasteiger partial charge in [0.25, 0.3) is 0 Å². The highest BCUT2D eigenvalue weighted by molar-refractivity contribution is 6.59.